The molecule has 0 spiro atoms. The highest BCUT2D eigenvalue weighted by Crippen LogP contribution is 2.25. The van der Waals surface area contributed by atoms with Gasteiger partial charge >= 0.3 is 5.69 Å². The minimum Gasteiger partial charge on any atom is -0.295 e. The van der Waals surface area contributed by atoms with Gasteiger partial charge in [-0.15, -0.1) is 5.10 Å². The average Bonchev–Trinajstić information content (AvgIpc) is 2.70. The summed E-state index contributed by atoms with van der Waals surface area (Å²) in [6, 6.07) is 3.35. The molecule has 2 aromatic heterocycles. The van der Waals surface area contributed by atoms with E-state index < -0.39 is 0 Å². The van der Waals surface area contributed by atoms with Gasteiger partial charge < -0.3 is 0 Å². The fourth-order valence-corrected chi connectivity index (χ4v) is 2.57. The zero-order valence-electron chi connectivity index (χ0n) is 10.9. The largest absolute Gasteiger partial charge is 0.344 e. The number of hydrogen-bond donors (Lipinski definition) is 1. The Morgan fingerprint density at radius 1 is 1.47 bits per heavy atom. The molecule has 6 nitrogen and oxygen atoms in total. The number of nitrogens with zero attached hydrogens (tertiary/aromatic N) is 3. The summed E-state index contributed by atoms with van der Waals surface area (Å²) in [4.78, 5) is 27.1. The van der Waals surface area contributed by atoms with Crippen LogP contribution >= 0.6 is 11.8 Å². The molecule has 0 amide bonds. The normalized spacial score (nSPS) is 10.9. The minimum atomic E-state index is -0.250. The second-order valence-corrected chi connectivity index (χ2v) is 5.30. The van der Waals surface area contributed by atoms with E-state index in [1.54, 1.807) is 22.9 Å². The molecule has 0 saturated carbocycles. The van der Waals surface area contributed by atoms with E-state index in [1.807, 2.05) is 13.8 Å². The number of nitrogens with one attached hydrogen (secondary N) is 1. The first kappa shape index (κ1) is 13.5. The molecule has 100 valence electrons. The number of Topliss-reactive ketones (excluding diaryl/α,β-unsaturated/α-hetero) is 1. The molecule has 0 fully saturated rings. The number of hydrogen-bond acceptors (Lipinski definition) is 5. The predicted octanol–water partition coefficient (Wildman–Crippen LogP) is 1.90. The monoisotopic (exact) mass is 278 g/mol. The van der Waals surface area contributed by atoms with Gasteiger partial charge in [0.05, 0.1) is 0 Å². The highest BCUT2D eigenvalue weighted by Gasteiger charge is 2.13. The number of aromatic amines is 1. The number of rotatable bonds is 4. The maximum atomic E-state index is 11.6. The lowest BCUT2D eigenvalue weighted by atomic mass is 10.2. The van der Waals surface area contributed by atoms with Gasteiger partial charge in [-0.3, -0.25) is 9.36 Å². The molecule has 0 aliphatic heterocycles. The van der Waals surface area contributed by atoms with Gasteiger partial charge in [0.2, 0.25) is 0 Å². The number of carbonyl (C=O) groups is 1. The Labute approximate surface area is 114 Å². The molecule has 0 unspecified atom stereocenters. The predicted molar refractivity (Wildman–Crippen MR) is 71.6 cm³/mol. The fourth-order valence-electron chi connectivity index (χ4n) is 1.60. The molecule has 2 rings (SSSR count). The van der Waals surface area contributed by atoms with Crippen LogP contribution in [0, 0.1) is 0 Å². The van der Waals surface area contributed by atoms with Gasteiger partial charge in [0.1, 0.15) is 5.03 Å². The zero-order chi connectivity index (χ0) is 14.0. The van der Waals surface area contributed by atoms with Crippen molar-refractivity contribution in [3.63, 3.8) is 0 Å². The van der Waals surface area contributed by atoms with Crippen LogP contribution in [-0.2, 0) is 0 Å². The smallest absolute Gasteiger partial charge is 0.295 e. The number of carbonyl (C=O) groups excluding carboxylic acids is 1. The van der Waals surface area contributed by atoms with Crippen LogP contribution in [-0.4, -0.2) is 25.5 Å². The van der Waals surface area contributed by atoms with E-state index >= 15 is 0 Å². The van der Waals surface area contributed by atoms with Gasteiger partial charge in [0.25, 0.3) is 0 Å². The lowest BCUT2D eigenvalue weighted by Crippen LogP contribution is -2.19. The standard InChI is InChI=1S/C12H14N4O2S/c1-7(2)16-11(18)14-15-12(16)19-10-6-9(8(3)17)4-5-13-10/h4-7H,1-3H3,(H,14,18). The Kier molecular flexibility index (Phi) is 3.84. The lowest BCUT2D eigenvalue weighted by molar-refractivity contribution is 0.101. The van der Waals surface area contributed by atoms with Crippen LogP contribution in [0.15, 0.2) is 33.3 Å². The Hall–Kier alpha value is -1.89. The molecule has 0 aliphatic carbocycles. The van der Waals surface area contributed by atoms with Gasteiger partial charge in [0.15, 0.2) is 10.9 Å². The van der Waals surface area contributed by atoms with Crippen LogP contribution in [0.2, 0.25) is 0 Å². The molecule has 2 aromatic rings. The summed E-state index contributed by atoms with van der Waals surface area (Å²) in [5.41, 5.74) is 0.340. The van der Waals surface area contributed by atoms with Crippen molar-refractivity contribution in [3.05, 3.63) is 34.4 Å². The first-order valence-corrected chi connectivity index (χ1v) is 6.62. The summed E-state index contributed by atoms with van der Waals surface area (Å²) in [6.45, 7) is 5.31. The molecule has 7 heteroatoms. The van der Waals surface area contributed by atoms with Crippen molar-refractivity contribution in [1.82, 2.24) is 19.7 Å². The quantitative estimate of drug-likeness (QED) is 0.864. The van der Waals surface area contributed by atoms with Gasteiger partial charge in [-0.1, -0.05) is 0 Å². The highest BCUT2D eigenvalue weighted by molar-refractivity contribution is 7.99. The number of aromatic nitrogens is 4. The van der Waals surface area contributed by atoms with Crippen molar-refractivity contribution in [2.24, 2.45) is 0 Å². The summed E-state index contributed by atoms with van der Waals surface area (Å²) < 4.78 is 1.55. The second-order valence-electron chi connectivity index (χ2n) is 4.32. The van der Waals surface area contributed by atoms with E-state index in [9.17, 15) is 9.59 Å². The van der Waals surface area contributed by atoms with Crippen molar-refractivity contribution in [2.75, 3.05) is 0 Å². The summed E-state index contributed by atoms with van der Waals surface area (Å²) in [5, 5.41) is 7.56. The summed E-state index contributed by atoms with van der Waals surface area (Å²) in [5.74, 6) is -0.0208. The van der Waals surface area contributed by atoms with Crippen LogP contribution < -0.4 is 5.69 Å². The molecular formula is C12H14N4O2S. The van der Waals surface area contributed by atoms with E-state index in [4.69, 9.17) is 0 Å². The maximum Gasteiger partial charge on any atom is 0.344 e. The molecule has 0 atom stereocenters. The third-order valence-corrected chi connectivity index (χ3v) is 3.43. The van der Waals surface area contributed by atoms with E-state index in [0.717, 1.165) is 0 Å². The molecule has 19 heavy (non-hydrogen) atoms. The van der Waals surface area contributed by atoms with Crippen LogP contribution in [0.5, 0.6) is 0 Å². The highest BCUT2D eigenvalue weighted by atomic mass is 32.2. The maximum absolute atomic E-state index is 11.6. The van der Waals surface area contributed by atoms with Crippen LogP contribution in [0.25, 0.3) is 0 Å². The Bertz CT molecular complexity index is 660. The first-order chi connectivity index (χ1) is 8.99. The summed E-state index contributed by atoms with van der Waals surface area (Å²) >= 11 is 1.25. The van der Waals surface area contributed by atoms with E-state index in [2.05, 4.69) is 15.2 Å². The van der Waals surface area contributed by atoms with Gasteiger partial charge in [-0.05, 0) is 44.7 Å². The SMILES string of the molecule is CC(=O)c1ccnc(Sc2n[nH]c(=O)n2C(C)C)c1. The van der Waals surface area contributed by atoms with Crippen molar-refractivity contribution >= 4 is 17.5 Å². The van der Waals surface area contributed by atoms with Crippen molar-refractivity contribution in [2.45, 2.75) is 37.0 Å². The zero-order valence-corrected chi connectivity index (χ0v) is 11.7. The summed E-state index contributed by atoms with van der Waals surface area (Å²) in [6.07, 6.45) is 1.57. The molecule has 2 heterocycles. The molecule has 0 aromatic carbocycles. The Morgan fingerprint density at radius 3 is 2.84 bits per heavy atom. The lowest BCUT2D eigenvalue weighted by Gasteiger charge is -2.08. The van der Waals surface area contributed by atoms with Crippen LogP contribution in [0.4, 0.5) is 0 Å². The molecule has 0 aliphatic rings. The van der Waals surface area contributed by atoms with Crippen molar-refractivity contribution in [1.29, 1.82) is 0 Å². The summed E-state index contributed by atoms with van der Waals surface area (Å²) in [7, 11) is 0. The topological polar surface area (TPSA) is 80.6 Å². The average molecular weight is 278 g/mol. The van der Waals surface area contributed by atoms with Gasteiger partial charge in [0, 0.05) is 17.8 Å². The van der Waals surface area contributed by atoms with Crippen LogP contribution in [0.1, 0.15) is 37.2 Å². The van der Waals surface area contributed by atoms with Crippen molar-refractivity contribution < 1.29 is 4.79 Å². The molecule has 0 saturated heterocycles. The van der Waals surface area contributed by atoms with Crippen molar-refractivity contribution in [3.8, 4) is 0 Å². The molecule has 0 radical (unpaired) electrons. The fraction of sp³-hybridized carbons (Fsp3) is 0.333. The third kappa shape index (κ3) is 2.93. The Balaban J connectivity index is 2.34. The van der Waals surface area contributed by atoms with Gasteiger partial charge in [-0.25, -0.2) is 14.9 Å². The van der Waals surface area contributed by atoms with E-state index in [-0.39, 0.29) is 17.5 Å². The van der Waals surface area contributed by atoms with E-state index in [0.29, 0.717) is 15.7 Å². The second kappa shape index (κ2) is 5.40. The molecule has 1 N–H and O–H groups in total. The van der Waals surface area contributed by atoms with E-state index in [1.165, 1.54) is 18.7 Å². The Morgan fingerprint density at radius 2 is 2.21 bits per heavy atom. The van der Waals surface area contributed by atoms with Gasteiger partial charge in [-0.2, -0.15) is 0 Å². The number of H-pyrrole nitrogens is 1. The number of pyridine rings is 1. The number of ketones is 1. The first-order valence-electron chi connectivity index (χ1n) is 5.80. The molecular weight excluding hydrogens is 264 g/mol. The minimum absolute atomic E-state index is 0.00439. The molecule has 0 bridgehead atoms. The third-order valence-electron chi connectivity index (χ3n) is 2.53. The van der Waals surface area contributed by atoms with Crippen LogP contribution in [0.3, 0.4) is 0 Å².